The summed E-state index contributed by atoms with van der Waals surface area (Å²) >= 11 is 0. The quantitative estimate of drug-likeness (QED) is 0.757. The summed E-state index contributed by atoms with van der Waals surface area (Å²) in [5.74, 6) is 0.842. The summed E-state index contributed by atoms with van der Waals surface area (Å²) in [6.07, 6.45) is 2.05. The molecule has 0 saturated carbocycles. The Kier molecular flexibility index (Phi) is 6.25. The first-order valence-electron chi connectivity index (χ1n) is 7.31. The summed E-state index contributed by atoms with van der Waals surface area (Å²) in [6, 6.07) is 18.2. The number of benzene rings is 2. The predicted molar refractivity (Wildman–Crippen MR) is 85.5 cm³/mol. The molecule has 2 aromatic carbocycles. The third kappa shape index (κ3) is 5.21. The number of aryl methyl sites for hydroxylation is 1. The summed E-state index contributed by atoms with van der Waals surface area (Å²) < 4.78 is 10.8. The number of ether oxygens (including phenoxy) is 2. The van der Waals surface area contributed by atoms with Gasteiger partial charge in [0.1, 0.15) is 5.75 Å². The molecule has 0 spiro atoms. The van der Waals surface area contributed by atoms with Crippen molar-refractivity contribution in [1.29, 1.82) is 0 Å². The minimum atomic E-state index is -0.0902. The Morgan fingerprint density at radius 3 is 2.38 bits per heavy atom. The second-order valence-corrected chi connectivity index (χ2v) is 5.04. The Balaban J connectivity index is 1.65. The van der Waals surface area contributed by atoms with Crippen molar-refractivity contribution in [2.75, 3.05) is 20.3 Å². The van der Waals surface area contributed by atoms with Crippen LogP contribution in [0.25, 0.3) is 0 Å². The van der Waals surface area contributed by atoms with Gasteiger partial charge in [0.2, 0.25) is 0 Å². The maximum absolute atomic E-state index is 6.11. The number of hydrogen-bond donors (Lipinski definition) is 1. The smallest absolute Gasteiger partial charge is 0.118 e. The van der Waals surface area contributed by atoms with Gasteiger partial charge in [-0.3, -0.25) is 0 Å². The highest BCUT2D eigenvalue weighted by molar-refractivity contribution is 5.28. The van der Waals surface area contributed by atoms with Gasteiger partial charge in [0.15, 0.2) is 0 Å². The molecule has 2 N–H and O–H groups in total. The lowest BCUT2D eigenvalue weighted by Gasteiger charge is -2.13. The van der Waals surface area contributed by atoms with E-state index in [2.05, 4.69) is 24.3 Å². The molecule has 3 heteroatoms. The van der Waals surface area contributed by atoms with Gasteiger partial charge < -0.3 is 15.2 Å². The van der Waals surface area contributed by atoms with Crippen LogP contribution in [0, 0.1) is 0 Å². The summed E-state index contributed by atoms with van der Waals surface area (Å²) in [5.41, 5.74) is 8.53. The van der Waals surface area contributed by atoms with Crippen LogP contribution in [0.4, 0.5) is 0 Å². The van der Waals surface area contributed by atoms with E-state index in [1.54, 1.807) is 7.11 Å². The van der Waals surface area contributed by atoms with Crippen LogP contribution in [0.3, 0.4) is 0 Å². The monoisotopic (exact) mass is 285 g/mol. The van der Waals surface area contributed by atoms with Crippen LogP contribution in [0.5, 0.6) is 5.75 Å². The van der Waals surface area contributed by atoms with Crippen LogP contribution >= 0.6 is 0 Å². The Morgan fingerprint density at radius 2 is 1.71 bits per heavy atom. The van der Waals surface area contributed by atoms with Gasteiger partial charge in [0.05, 0.1) is 19.8 Å². The summed E-state index contributed by atoms with van der Waals surface area (Å²) in [7, 11) is 1.66. The first-order chi connectivity index (χ1) is 10.3. The fraction of sp³-hybridized carbons (Fsp3) is 0.333. The van der Waals surface area contributed by atoms with E-state index < -0.39 is 0 Å². The van der Waals surface area contributed by atoms with Gasteiger partial charge >= 0.3 is 0 Å². The van der Waals surface area contributed by atoms with Crippen molar-refractivity contribution in [2.45, 2.75) is 18.9 Å². The first-order valence-corrected chi connectivity index (χ1v) is 7.31. The van der Waals surface area contributed by atoms with Crippen molar-refractivity contribution < 1.29 is 9.47 Å². The van der Waals surface area contributed by atoms with E-state index in [9.17, 15) is 0 Å². The molecule has 1 atom stereocenters. The molecular formula is C18H23NO2. The van der Waals surface area contributed by atoms with Crippen molar-refractivity contribution in [3.8, 4) is 5.75 Å². The molecule has 0 heterocycles. The van der Waals surface area contributed by atoms with E-state index in [0.29, 0.717) is 6.61 Å². The van der Waals surface area contributed by atoms with E-state index in [1.807, 2.05) is 30.3 Å². The molecule has 0 saturated heterocycles. The maximum atomic E-state index is 6.11. The summed E-state index contributed by atoms with van der Waals surface area (Å²) in [6.45, 7) is 1.28. The average Bonchev–Trinajstić information content (AvgIpc) is 2.55. The first kappa shape index (κ1) is 15.5. The molecule has 2 aromatic rings. The van der Waals surface area contributed by atoms with Crippen LogP contribution in [-0.2, 0) is 11.2 Å². The van der Waals surface area contributed by atoms with Crippen LogP contribution in [-0.4, -0.2) is 20.3 Å². The van der Waals surface area contributed by atoms with Crippen molar-refractivity contribution in [2.24, 2.45) is 5.73 Å². The fourth-order valence-corrected chi connectivity index (χ4v) is 2.18. The highest BCUT2D eigenvalue weighted by Crippen LogP contribution is 2.16. The van der Waals surface area contributed by atoms with E-state index in [0.717, 1.165) is 30.8 Å². The number of methoxy groups -OCH3 is 1. The lowest BCUT2D eigenvalue weighted by atomic mass is 10.1. The summed E-state index contributed by atoms with van der Waals surface area (Å²) in [4.78, 5) is 0. The van der Waals surface area contributed by atoms with Gasteiger partial charge in [0, 0.05) is 6.61 Å². The normalized spacial score (nSPS) is 12.1. The number of hydrogen-bond acceptors (Lipinski definition) is 3. The minimum absolute atomic E-state index is 0.0902. The largest absolute Gasteiger partial charge is 0.497 e. The Labute approximate surface area is 126 Å². The topological polar surface area (TPSA) is 44.5 Å². The molecule has 0 radical (unpaired) electrons. The molecule has 0 aliphatic heterocycles. The van der Waals surface area contributed by atoms with E-state index in [4.69, 9.17) is 15.2 Å². The van der Waals surface area contributed by atoms with Crippen molar-refractivity contribution in [1.82, 2.24) is 0 Å². The standard InChI is InChI=1S/C18H23NO2/c1-20-17-11-9-16(10-12-17)18(19)14-21-13-5-8-15-6-3-2-4-7-15/h2-4,6-7,9-12,18H,5,8,13-14,19H2,1H3. The Morgan fingerprint density at radius 1 is 1.00 bits per heavy atom. The lowest BCUT2D eigenvalue weighted by molar-refractivity contribution is 0.119. The number of rotatable bonds is 8. The minimum Gasteiger partial charge on any atom is -0.497 e. The van der Waals surface area contributed by atoms with E-state index >= 15 is 0 Å². The molecule has 0 aliphatic carbocycles. The molecule has 0 fully saturated rings. The molecular weight excluding hydrogens is 262 g/mol. The van der Waals surface area contributed by atoms with E-state index in [-0.39, 0.29) is 6.04 Å². The summed E-state index contributed by atoms with van der Waals surface area (Å²) in [5, 5.41) is 0. The van der Waals surface area contributed by atoms with Crippen molar-refractivity contribution >= 4 is 0 Å². The third-order valence-electron chi connectivity index (χ3n) is 3.44. The maximum Gasteiger partial charge on any atom is 0.118 e. The van der Waals surface area contributed by atoms with Crippen molar-refractivity contribution in [3.63, 3.8) is 0 Å². The Bertz CT molecular complexity index is 511. The predicted octanol–water partition coefficient (Wildman–Crippen LogP) is 3.34. The molecule has 3 nitrogen and oxygen atoms in total. The molecule has 0 amide bonds. The third-order valence-corrected chi connectivity index (χ3v) is 3.44. The second-order valence-electron chi connectivity index (χ2n) is 5.04. The molecule has 0 bridgehead atoms. The van der Waals surface area contributed by atoms with E-state index in [1.165, 1.54) is 5.56 Å². The zero-order chi connectivity index (χ0) is 14.9. The van der Waals surface area contributed by atoms with Crippen LogP contribution in [0.1, 0.15) is 23.6 Å². The van der Waals surface area contributed by atoms with Crippen molar-refractivity contribution in [3.05, 3.63) is 65.7 Å². The lowest BCUT2D eigenvalue weighted by Crippen LogP contribution is -2.17. The SMILES string of the molecule is COc1ccc(C(N)COCCCc2ccccc2)cc1. The van der Waals surface area contributed by atoms with Gasteiger partial charge in [-0.15, -0.1) is 0 Å². The van der Waals surface area contributed by atoms with Gasteiger partial charge in [-0.25, -0.2) is 0 Å². The molecule has 0 aromatic heterocycles. The van der Waals surface area contributed by atoms with Crippen LogP contribution in [0.15, 0.2) is 54.6 Å². The van der Waals surface area contributed by atoms with Gasteiger partial charge in [0.25, 0.3) is 0 Å². The second kappa shape index (κ2) is 8.45. The number of nitrogens with two attached hydrogens (primary N) is 1. The van der Waals surface area contributed by atoms with Crippen LogP contribution < -0.4 is 10.5 Å². The zero-order valence-electron chi connectivity index (χ0n) is 12.5. The highest BCUT2D eigenvalue weighted by atomic mass is 16.5. The molecule has 21 heavy (non-hydrogen) atoms. The van der Waals surface area contributed by atoms with Gasteiger partial charge in [-0.2, -0.15) is 0 Å². The average molecular weight is 285 g/mol. The fourth-order valence-electron chi connectivity index (χ4n) is 2.18. The Hall–Kier alpha value is -1.84. The zero-order valence-corrected chi connectivity index (χ0v) is 12.5. The van der Waals surface area contributed by atoms with Crippen LogP contribution in [0.2, 0.25) is 0 Å². The molecule has 2 rings (SSSR count). The van der Waals surface area contributed by atoms with Gasteiger partial charge in [-0.1, -0.05) is 42.5 Å². The highest BCUT2D eigenvalue weighted by Gasteiger charge is 2.06. The van der Waals surface area contributed by atoms with Gasteiger partial charge in [-0.05, 0) is 36.1 Å². The molecule has 112 valence electrons. The molecule has 1 unspecified atom stereocenters. The molecule has 0 aliphatic rings.